The van der Waals surface area contributed by atoms with Crippen LogP contribution in [0.2, 0.25) is 0 Å². The molecule has 4 aromatic rings. The first-order valence-electron chi connectivity index (χ1n) is 9.88. The number of benzene rings is 3. The minimum absolute atomic E-state index is 0.0610. The number of fused-ring (bicyclic) bond motifs is 4. The van der Waals surface area contributed by atoms with E-state index in [1.807, 2.05) is 24.3 Å². The van der Waals surface area contributed by atoms with Crippen molar-refractivity contribution in [2.45, 2.75) is 12.3 Å². The predicted molar refractivity (Wildman–Crippen MR) is 121 cm³/mol. The summed E-state index contributed by atoms with van der Waals surface area (Å²) in [6, 6.07) is 25.3. The number of hydrogen-bond donors (Lipinski definition) is 1. The topological polar surface area (TPSA) is 37.4 Å². The fourth-order valence-corrected chi connectivity index (χ4v) is 4.62. The second kappa shape index (κ2) is 6.97. The quantitative estimate of drug-likeness (QED) is 0.402. The highest BCUT2D eigenvalue weighted by Crippen LogP contribution is 2.46. The number of pyridine rings is 1. The molecule has 5 heteroatoms. The second-order valence-electron chi connectivity index (χ2n) is 7.54. The summed E-state index contributed by atoms with van der Waals surface area (Å²) in [4.78, 5) is 4.16. The lowest BCUT2D eigenvalue weighted by molar-refractivity contribution is -0.0327. The van der Waals surface area contributed by atoms with Crippen molar-refractivity contribution < 1.29 is 4.74 Å². The number of halogens is 1. The van der Waals surface area contributed by atoms with Crippen molar-refractivity contribution >= 4 is 32.4 Å². The van der Waals surface area contributed by atoms with Gasteiger partial charge in [0, 0.05) is 28.0 Å². The normalized spacial score (nSPS) is 20.1. The van der Waals surface area contributed by atoms with E-state index in [-0.39, 0.29) is 12.3 Å². The minimum atomic E-state index is -0.249. The largest absolute Gasteiger partial charge is 0.469 e. The van der Waals surface area contributed by atoms with Gasteiger partial charge in [0.05, 0.1) is 11.7 Å². The van der Waals surface area contributed by atoms with Gasteiger partial charge in [-0.3, -0.25) is 4.98 Å². The van der Waals surface area contributed by atoms with Gasteiger partial charge in [0.2, 0.25) is 0 Å². The summed E-state index contributed by atoms with van der Waals surface area (Å²) in [7, 11) is 0. The number of ether oxygens (including phenoxy) is 1. The number of hydrogen-bond acceptors (Lipinski definition) is 4. The van der Waals surface area contributed by atoms with Crippen LogP contribution < -0.4 is 10.2 Å². The maximum atomic E-state index is 6.42. The van der Waals surface area contributed by atoms with Gasteiger partial charge in [0.25, 0.3) is 0 Å². The lowest BCUT2D eigenvalue weighted by Crippen LogP contribution is -2.43. The Balaban J connectivity index is 1.46. The Hall–Kier alpha value is -3.15. The number of aromatic nitrogens is 1. The highest BCUT2D eigenvalue weighted by atomic mass is 79.9. The Morgan fingerprint density at radius 2 is 1.73 bits per heavy atom. The second-order valence-corrected chi connectivity index (χ2v) is 8.45. The number of nitrogens with zero attached hydrogens (tertiary/aromatic N) is 2. The Kier molecular flexibility index (Phi) is 4.11. The van der Waals surface area contributed by atoms with Crippen LogP contribution in [0.3, 0.4) is 0 Å². The van der Waals surface area contributed by atoms with E-state index in [1.54, 1.807) is 12.4 Å². The zero-order valence-corrected chi connectivity index (χ0v) is 17.6. The Labute approximate surface area is 182 Å². The van der Waals surface area contributed by atoms with Crippen LogP contribution in [-0.4, -0.2) is 9.99 Å². The van der Waals surface area contributed by atoms with E-state index in [2.05, 4.69) is 86.0 Å². The minimum Gasteiger partial charge on any atom is -0.469 e. The fourth-order valence-electron chi connectivity index (χ4n) is 4.24. The van der Waals surface area contributed by atoms with Crippen molar-refractivity contribution in [1.82, 2.24) is 15.4 Å². The van der Waals surface area contributed by atoms with Crippen molar-refractivity contribution in [3.8, 4) is 5.75 Å². The van der Waals surface area contributed by atoms with Gasteiger partial charge in [-0.2, -0.15) is 5.01 Å². The van der Waals surface area contributed by atoms with Crippen LogP contribution in [0.4, 0.5) is 0 Å². The van der Waals surface area contributed by atoms with Crippen LogP contribution in [0.25, 0.3) is 16.5 Å². The summed E-state index contributed by atoms with van der Waals surface area (Å²) >= 11 is 3.61. The molecule has 0 bridgehead atoms. The molecule has 146 valence electrons. The third kappa shape index (κ3) is 2.90. The van der Waals surface area contributed by atoms with Crippen LogP contribution >= 0.6 is 15.9 Å². The van der Waals surface area contributed by atoms with E-state index < -0.39 is 0 Å². The molecule has 3 heterocycles. The van der Waals surface area contributed by atoms with Crippen molar-refractivity contribution in [2.24, 2.45) is 0 Å². The molecule has 1 N–H and O–H groups in total. The SMILES string of the molecule is Brc1ccc2c(c1)C1C=C(c3ccc4ccccc4c3)NN1C(c1ccncc1)O2. The molecule has 2 aliphatic rings. The fraction of sp³-hybridized carbons (Fsp3) is 0.0800. The standard InChI is InChI=1S/C25H18BrN3O/c26-20-7-8-24-21(14-20)23-15-22(19-6-5-16-3-1-2-4-18(16)13-19)28-29(23)25(30-24)17-9-11-27-12-10-17/h1-15,23,25,28H. The van der Waals surface area contributed by atoms with Gasteiger partial charge in [-0.05, 0) is 58.8 Å². The zero-order valence-electron chi connectivity index (χ0n) is 16.0. The molecule has 3 aromatic carbocycles. The van der Waals surface area contributed by atoms with Crippen molar-refractivity contribution in [3.63, 3.8) is 0 Å². The van der Waals surface area contributed by atoms with E-state index in [0.29, 0.717) is 0 Å². The molecule has 2 atom stereocenters. The molecule has 1 aromatic heterocycles. The summed E-state index contributed by atoms with van der Waals surface area (Å²) in [5.74, 6) is 0.902. The molecule has 6 rings (SSSR count). The van der Waals surface area contributed by atoms with Crippen LogP contribution in [0.5, 0.6) is 5.75 Å². The molecule has 2 unspecified atom stereocenters. The number of nitrogens with one attached hydrogen (secondary N) is 1. The van der Waals surface area contributed by atoms with Crippen molar-refractivity contribution in [3.05, 3.63) is 112 Å². The monoisotopic (exact) mass is 455 g/mol. The maximum absolute atomic E-state index is 6.42. The zero-order chi connectivity index (χ0) is 20.1. The lowest BCUT2D eigenvalue weighted by Gasteiger charge is -2.39. The molecule has 0 saturated carbocycles. The summed E-state index contributed by atoms with van der Waals surface area (Å²) < 4.78 is 7.46. The van der Waals surface area contributed by atoms with E-state index in [1.165, 1.54) is 10.8 Å². The van der Waals surface area contributed by atoms with E-state index in [4.69, 9.17) is 4.74 Å². The molecule has 0 amide bonds. The van der Waals surface area contributed by atoms with Crippen LogP contribution in [-0.2, 0) is 0 Å². The highest BCUT2D eigenvalue weighted by molar-refractivity contribution is 9.10. The molecular weight excluding hydrogens is 438 g/mol. The number of rotatable bonds is 2. The van der Waals surface area contributed by atoms with Crippen LogP contribution in [0, 0.1) is 0 Å². The summed E-state index contributed by atoms with van der Waals surface area (Å²) in [6.07, 6.45) is 5.64. The first kappa shape index (κ1) is 17.7. The van der Waals surface area contributed by atoms with Gasteiger partial charge in [0.15, 0.2) is 6.23 Å². The Morgan fingerprint density at radius 3 is 2.60 bits per heavy atom. The summed E-state index contributed by atoms with van der Waals surface area (Å²) in [5.41, 5.74) is 8.06. The van der Waals surface area contributed by atoms with Gasteiger partial charge < -0.3 is 10.2 Å². The molecule has 2 aliphatic heterocycles. The molecule has 0 saturated heterocycles. The van der Waals surface area contributed by atoms with E-state index in [0.717, 1.165) is 32.6 Å². The molecule has 0 aliphatic carbocycles. The Morgan fingerprint density at radius 1 is 0.900 bits per heavy atom. The average Bonchev–Trinajstić information content (AvgIpc) is 3.25. The highest BCUT2D eigenvalue weighted by Gasteiger charge is 2.40. The first-order chi connectivity index (χ1) is 14.8. The molecule has 4 nitrogen and oxygen atoms in total. The van der Waals surface area contributed by atoms with Gasteiger partial charge in [-0.25, -0.2) is 0 Å². The van der Waals surface area contributed by atoms with E-state index in [9.17, 15) is 0 Å². The molecule has 30 heavy (non-hydrogen) atoms. The van der Waals surface area contributed by atoms with Crippen molar-refractivity contribution in [1.29, 1.82) is 0 Å². The molecule has 0 fully saturated rings. The van der Waals surface area contributed by atoms with Gasteiger partial charge in [-0.1, -0.05) is 52.3 Å². The molecule has 0 spiro atoms. The summed E-state index contributed by atoms with van der Waals surface area (Å²) in [5, 5.41) is 4.65. The van der Waals surface area contributed by atoms with E-state index >= 15 is 0 Å². The molecular formula is C25H18BrN3O. The lowest BCUT2D eigenvalue weighted by atomic mass is 10.00. The van der Waals surface area contributed by atoms with Crippen molar-refractivity contribution in [2.75, 3.05) is 0 Å². The summed E-state index contributed by atoms with van der Waals surface area (Å²) in [6.45, 7) is 0. The molecule has 0 radical (unpaired) electrons. The third-order valence-corrected chi connectivity index (χ3v) is 6.20. The smallest absolute Gasteiger partial charge is 0.196 e. The van der Waals surface area contributed by atoms with Crippen LogP contribution in [0.1, 0.15) is 29.0 Å². The number of hydrazine groups is 1. The van der Waals surface area contributed by atoms with Gasteiger partial charge >= 0.3 is 0 Å². The maximum Gasteiger partial charge on any atom is 0.196 e. The Bertz CT molecular complexity index is 1290. The van der Waals surface area contributed by atoms with Crippen LogP contribution in [0.15, 0.2) is 95.7 Å². The first-order valence-corrected chi connectivity index (χ1v) is 10.7. The average molecular weight is 456 g/mol. The third-order valence-electron chi connectivity index (χ3n) is 5.71. The predicted octanol–water partition coefficient (Wildman–Crippen LogP) is 5.99. The van der Waals surface area contributed by atoms with Gasteiger partial charge in [0.1, 0.15) is 5.75 Å². The van der Waals surface area contributed by atoms with Gasteiger partial charge in [-0.15, -0.1) is 0 Å².